The number of nitrogens with zero attached hydrogens (tertiary/aromatic N) is 2. The maximum Gasteiger partial charge on any atom is 0.293 e. The van der Waals surface area contributed by atoms with Crippen LogP contribution in [0.25, 0.3) is 0 Å². The van der Waals surface area contributed by atoms with E-state index in [9.17, 15) is 4.79 Å². The molecule has 0 amide bonds. The Hall–Kier alpha value is -1.62. The van der Waals surface area contributed by atoms with E-state index in [1.807, 2.05) is 20.8 Å². The Bertz CT molecular complexity index is 637. The van der Waals surface area contributed by atoms with Crippen molar-refractivity contribution in [3.63, 3.8) is 0 Å². The summed E-state index contributed by atoms with van der Waals surface area (Å²) in [7, 11) is 0. The normalized spacial score (nSPS) is 11.6. The van der Waals surface area contributed by atoms with Crippen LogP contribution in [0.2, 0.25) is 0 Å². The summed E-state index contributed by atoms with van der Waals surface area (Å²) in [6.45, 7) is 8.81. The Labute approximate surface area is 123 Å². The van der Waals surface area contributed by atoms with Crippen LogP contribution in [0, 0.1) is 0 Å². The molecule has 0 aliphatic carbocycles. The molecule has 0 spiro atoms. The molecule has 2 aromatic rings. The number of hydrogen-bond acceptors (Lipinski definition) is 4. The minimum atomic E-state index is -0.242. The predicted octanol–water partition coefficient (Wildman–Crippen LogP) is 3.23. The van der Waals surface area contributed by atoms with Crippen molar-refractivity contribution in [2.75, 3.05) is 5.32 Å². The van der Waals surface area contributed by atoms with Gasteiger partial charge in [0, 0.05) is 22.8 Å². The number of anilines is 1. The van der Waals surface area contributed by atoms with E-state index >= 15 is 0 Å². The molecule has 0 saturated carbocycles. The van der Waals surface area contributed by atoms with E-state index in [-0.39, 0.29) is 11.1 Å². The highest BCUT2D eigenvalue weighted by atomic mass is 32.1. The highest BCUT2D eigenvalue weighted by molar-refractivity contribution is 7.10. The van der Waals surface area contributed by atoms with Crippen molar-refractivity contribution >= 4 is 17.2 Å². The Balaban J connectivity index is 2.21. The highest BCUT2D eigenvalue weighted by Gasteiger charge is 2.16. The first-order valence-corrected chi connectivity index (χ1v) is 7.68. The van der Waals surface area contributed by atoms with E-state index in [1.165, 1.54) is 10.4 Å². The molecule has 0 radical (unpaired) electrons. The van der Waals surface area contributed by atoms with Crippen LogP contribution in [-0.2, 0) is 18.5 Å². The van der Waals surface area contributed by atoms with E-state index in [1.54, 1.807) is 28.3 Å². The lowest BCUT2D eigenvalue weighted by Gasteiger charge is -2.22. The molecule has 2 aromatic heterocycles. The van der Waals surface area contributed by atoms with E-state index in [4.69, 9.17) is 0 Å². The molecule has 4 nitrogen and oxygen atoms in total. The lowest BCUT2D eigenvalue weighted by atomic mass is 10.1. The topological polar surface area (TPSA) is 46.9 Å². The number of rotatable bonds is 4. The monoisotopic (exact) mass is 291 g/mol. The van der Waals surface area contributed by atoms with Crippen LogP contribution < -0.4 is 10.9 Å². The molecule has 0 unspecified atom stereocenters. The zero-order chi connectivity index (χ0) is 14.8. The van der Waals surface area contributed by atoms with Crippen molar-refractivity contribution in [2.24, 2.45) is 0 Å². The standard InChI is InChI=1S/C15H21N3OS/c1-5-11-6-9-20-12(11)10-17-13-14(19)18(8-7-16-13)15(2,3)4/h6-9H,5,10H2,1-4H3,(H,16,17). The van der Waals surface area contributed by atoms with Crippen LogP contribution in [0.15, 0.2) is 28.6 Å². The van der Waals surface area contributed by atoms with E-state index in [2.05, 4.69) is 28.7 Å². The minimum Gasteiger partial charge on any atom is -0.361 e. The summed E-state index contributed by atoms with van der Waals surface area (Å²) in [5.74, 6) is 0.415. The summed E-state index contributed by atoms with van der Waals surface area (Å²) in [6, 6.07) is 2.13. The van der Waals surface area contributed by atoms with Crippen LogP contribution in [0.5, 0.6) is 0 Å². The fraction of sp³-hybridized carbons (Fsp3) is 0.467. The average Bonchev–Trinajstić information content (AvgIpc) is 2.83. The Morgan fingerprint density at radius 3 is 2.80 bits per heavy atom. The number of aryl methyl sites for hydroxylation is 1. The van der Waals surface area contributed by atoms with Crippen molar-refractivity contribution in [1.29, 1.82) is 0 Å². The molecule has 0 saturated heterocycles. The molecule has 0 atom stereocenters. The first kappa shape index (κ1) is 14.8. The molecule has 5 heteroatoms. The van der Waals surface area contributed by atoms with E-state index in [0.717, 1.165) is 6.42 Å². The molecular weight excluding hydrogens is 270 g/mol. The maximum atomic E-state index is 12.4. The average molecular weight is 291 g/mol. The Morgan fingerprint density at radius 2 is 2.15 bits per heavy atom. The van der Waals surface area contributed by atoms with Gasteiger partial charge in [0.1, 0.15) is 0 Å². The van der Waals surface area contributed by atoms with Gasteiger partial charge in [-0.05, 0) is 44.2 Å². The molecule has 20 heavy (non-hydrogen) atoms. The summed E-state index contributed by atoms with van der Waals surface area (Å²) in [6.07, 6.45) is 4.41. The molecule has 108 valence electrons. The minimum absolute atomic E-state index is 0.0744. The van der Waals surface area contributed by atoms with Gasteiger partial charge in [0.05, 0.1) is 6.54 Å². The van der Waals surface area contributed by atoms with Gasteiger partial charge in [-0.2, -0.15) is 0 Å². The van der Waals surface area contributed by atoms with Gasteiger partial charge in [0.25, 0.3) is 5.56 Å². The first-order chi connectivity index (χ1) is 9.43. The number of hydrogen-bond donors (Lipinski definition) is 1. The summed E-state index contributed by atoms with van der Waals surface area (Å²) in [5.41, 5.74) is 1.01. The molecule has 2 rings (SSSR count). The largest absolute Gasteiger partial charge is 0.361 e. The quantitative estimate of drug-likeness (QED) is 0.940. The molecule has 2 heterocycles. The number of nitrogens with one attached hydrogen (secondary N) is 1. The number of thiophene rings is 1. The second kappa shape index (κ2) is 5.79. The van der Waals surface area contributed by atoms with Gasteiger partial charge in [-0.15, -0.1) is 11.3 Å². The lowest BCUT2D eigenvalue weighted by molar-refractivity contribution is 0.383. The molecule has 0 aliphatic heterocycles. The van der Waals surface area contributed by atoms with Crippen molar-refractivity contribution < 1.29 is 0 Å². The van der Waals surface area contributed by atoms with Gasteiger partial charge in [0.2, 0.25) is 0 Å². The maximum absolute atomic E-state index is 12.4. The van der Waals surface area contributed by atoms with Gasteiger partial charge < -0.3 is 9.88 Å². The summed E-state index contributed by atoms with van der Waals surface area (Å²) < 4.78 is 1.71. The summed E-state index contributed by atoms with van der Waals surface area (Å²) in [4.78, 5) is 17.8. The number of aromatic nitrogens is 2. The van der Waals surface area contributed by atoms with Crippen LogP contribution in [-0.4, -0.2) is 9.55 Å². The second-order valence-corrected chi connectivity index (χ2v) is 6.70. The van der Waals surface area contributed by atoms with Crippen molar-refractivity contribution in [3.8, 4) is 0 Å². The molecule has 0 aromatic carbocycles. The molecule has 0 fully saturated rings. The fourth-order valence-corrected chi connectivity index (χ4v) is 2.98. The van der Waals surface area contributed by atoms with Crippen molar-refractivity contribution in [1.82, 2.24) is 9.55 Å². The van der Waals surface area contributed by atoms with Crippen molar-refractivity contribution in [2.45, 2.75) is 46.2 Å². The van der Waals surface area contributed by atoms with Gasteiger partial charge in [-0.1, -0.05) is 6.92 Å². The second-order valence-electron chi connectivity index (χ2n) is 5.70. The zero-order valence-electron chi connectivity index (χ0n) is 12.4. The Morgan fingerprint density at radius 1 is 1.40 bits per heavy atom. The van der Waals surface area contributed by atoms with Gasteiger partial charge in [0.15, 0.2) is 5.82 Å². The van der Waals surface area contributed by atoms with Gasteiger partial charge >= 0.3 is 0 Å². The summed E-state index contributed by atoms with van der Waals surface area (Å²) in [5, 5.41) is 5.25. The molecular formula is C15H21N3OS. The highest BCUT2D eigenvalue weighted by Crippen LogP contribution is 2.18. The SMILES string of the molecule is CCc1ccsc1CNc1nccn(C(C)(C)C)c1=O. The molecule has 0 bridgehead atoms. The molecule has 1 N–H and O–H groups in total. The lowest BCUT2D eigenvalue weighted by Crippen LogP contribution is -2.35. The van der Waals surface area contributed by atoms with E-state index < -0.39 is 0 Å². The summed E-state index contributed by atoms with van der Waals surface area (Å²) >= 11 is 1.71. The third kappa shape index (κ3) is 3.10. The van der Waals surface area contributed by atoms with Crippen LogP contribution in [0.1, 0.15) is 38.1 Å². The van der Waals surface area contributed by atoms with Crippen LogP contribution in [0.4, 0.5) is 5.82 Å². The third-order valence-electron chi connectivity index (χ3n) is 3.20. The Kier molecular flexibility index (Phi) is 4.28. The fourth-order valence-electron chi connectivity index (χ4n) is 2.06. The molecule has 0 aliphatic rings. The zero-order valence-corrected chi connectivity index (χ0v) is 13.3. The van der Waals surface area contributed by atoms with Crippen LogP contribution in [0.3, 0.4) is 0 Å². The van der Waals surface area contributed by atoms with Gasteiger partial charge in [-0.25, -0.2) is 4.98 Å². The predicted molar refractivity (Wildman–Crippen MR) is 84.5 cm³/mol. The van der Waals surface area contributed by atoms with Crippen molar-refractivity contribution in [3.05, 3.63) is 44.6 Å². The smallest absolute Gasteiger partial charge is 0.293 e. The third-order valence-corrected chi connectivity index (χ3v) is 4.16. The van der Waals surface area contributed by atoms with E-state index in [0.29, 0.717) is 12.4 Å². The van der Waals surface area contributed by atoms with Crippen LogP contribution >= 0.6 is 11.3 Å². The van der Waals surface area contributed by atoms with Gasteiger partial charge in [-0.3, -0.25) is 4.79 Å². The first-order valence-electron chi connectivity index (χ1n) is 6.80.